The number of hydrogen-bond donors (Lipinski definition) is 0. The lowest BCUT2D eigenvalue weighted by atomic mass is 9.85. The first-order valence-electron chi connectivity index (χ1n) is 19.2. The summed E-state index contributed by atoms with van der Waals surface area (Å²) in [5.74, 6) is 0.554. The topological polar surface area (TPSA) is 38.4 Å². The predicted octanol–water partition coefficient (Wildman–Crippen LogP) is 10.7. The van der Waals surface area contributed by atoms with Crippen LogP contribution in [0, 0.1) is 0 Å². The quantitative estimate of drug-likeness (QED) is 0.0884. The maximum atomic E-state index is 6.69. The van der Waals surface area contributed by atoms with E-state index in [9.17, 15) is 0 Å². The molecule has 3 nitrogen and oxygen atoms in total. The Labute approximate surface area is 329 Å². The summed E-state index contributed by atoms with van der Waals surface area (Å²) in [6.07, 6.45) is 1.94. The van der Waals surface area contributed by atoms with Crippen LogP contribution in [0.2, 0.25) is 0 Å². The van der Waals surface area contributed by atoms with E-state index >= 15 is 0 Å². The highest BCUT2D eigenvalue weighted by molar-refractivity contribution is 7.19. The fourth-order valence-electron chi connectivity index (χ4n) is 8.03. The van der Waals surface area contributed by atoms with Crippen LogP contribution >= 0.6 is 0 Å². The van der Waals surface area contributed by atoms with Crippen LogP contribution in [0.4, 0.5) is 5.69 Å². The van der Waals surface area contributed by atoms with Crippen LogP contribution in [0.5, 0.6) is 0 Å². The van der Waals surface area contributed by atoms with Gasteiger partial charge in [-0.1, -0.05) is 191 Å². The highest BCUT2D eigenvalue weighted by Crippen LogP contribution is 2.38. The Hall–Kier alpha value is -6.62. The van der Waals surface area contributed by atoms with Crippen molar-refractivity contribution in [1.82, 2.24) is 4.98 Å². The summed E-state index contributed by atoms with van der Waals surface area (Å²) in [5.41, 5.74) is 7.56. The summed E-state index contributed by atoms with van der Waals surface area (Å²) < 4.78 is 6.69. The molecule has 8 aromatic carbocycles. The fourth-order valence-corrected chi connectivity index (χ4v) is 12.8. The minimum absolute atomic E-state index is 0.105. The van der Waals surface area contributed by atoms with Crippen molar-refractivity contribution in [2.45, 2.75) is 26.2 Å². The lowest BCUT2D eigenvalue weighted by Crippen LogP contribution is -2.74. The first kappa shape index (κ1) is 35.1. The average molecular weight is 739 g/mol. The molecule has 0 bridgehead atoms. The van der Waals surface area contributed by atoms with Gasteiger partial charge in [0.15, 0.2) is 13.7 Å². The second-order valence-electron chi connectivity index (χ2n) is 15.4. The average Bonchev–Trinajstić information content (AvgIpc) is 3.69. The summed E-state index contributed by atoms with van der Waals surface area (Å²) >= 11 is 0. The number of fused-ring (bicyclic) bond motifs is 2. The molecule has 0 N–H and O–H groups in total. The smallest absolute Gasteiger partial charge is 0.229 e. The Morgan fingerprint density at radius 2 is 1.09 bits per heavy atom. The number of oxazole rings is 1. The summed E-state index contributed by atoms with van der Waals surface area (Å²) in [6.45, 7) is 6.74. The Morgan fingerprint density at radius 1 is 0.536 bits per heavy atom. The molecule has 1 aromatic heterocycles. The van der Waals surface area contributed by atoms with Crippen molar-refractivity contribution >= 4 is 62.6 Å². The third kappa shape index (κ3) is 6.38. The molecule has 0 amide bonds. The van der Waals surface area contributed by atoms with Gasteiger partial charge in [-0.05, 0) is 72.3 Å². The largest absolute Gasteiger partial charge is 0.436 e. The highest BCUT2D eigenvalue weighted by atomic mass is 28.3. The second kappa shape index (κ2) is 14.6. The van der Waals surface area contributed by atoms with Gasteiger partial charge in [-0.15, -0.1) is 0 Å². The molecule has 0 saturated heterocycles. The number of benzene rings is 8. The maximum absolute atomic E-state index is 6.69. The zero-order chi connectivity index (χ0) is 38.1. The van der Waals surface area contributed by atoms with Crippen molar-refractivity contribution in [1.29, 1.82) is 0 Å². The van der Waals surface area contributed by atoms with Gasteiger partial charge in [-0.3, -0.25) is 4.99 Å². The zero-order valence-electron chi connectivity index (χ0n) is 31.9. The molecule has 0 aliphatic heterocycles. The lowest BCUT2D eigenvalue weighted by molar-refractivity contribution is 0.584. The van der Waals surface area contributed by atoms with E-state index in [4.69, 9.17) is 14.4 Å². The van der Waals surface area contributed by atoms with Gasteiger partial charge in [0.2, 0.25) is 5.89 Å². The van der Waals surface area contributed by atoms with E-state index in [-0.39, 0.29) is 5.41 Å². The van der Waals surface area contributed by atoms with Crippen LogP contribution in [-0.4, -0.2) is 19.3 Å². The number of rotatable bonds is 8. The van der Waals surface area contributed by atoms with Crippen molar-refractivity contribution in [3.63, 3.8) is 0 Å². The van der Waals surface area contributed by atoms with E-state index in [1.54, 1.807) is 0 Å². The summed E-state index contributed by atoms with van der Waals surface area (Å²) in [4.78, 5) is 10.2. The van der Waals surface area contributed by atoms with Crippen LogP contribution in [0.15, 0.2) is 204 Å². The molecule has 0 aliphatic rings. The van der Waals surface area contributed by atoms with Crippen molar-refractivity contribution in [3.8, 4) is 22.6 Å². The van der Waals surface area contributed by atoms with Gasteiger partial charge in [0.1, 0.15) is 5.52 Å². The van der Waals surface area contributed by atoms with Crippen LogP contribution in [0.25, 0.3) is 44.5 Å². The van der Waals surface area contributed by atoms with Crippen LogP contribution in [-0.2, 0) is 5.41 Å². The number of aromatic nitrogens is 1. The number of aliphatic imine (C=N–C) groups is 1. The minimum Gasteiger partial charge on any atom is -0.436 e. The highest BCUT2D eigenvalue weighted by Gasteiger charge is 2.41. The van der Waals surface area contributed by atoms with Crippen molar-refractivity contribution in [2.75, 3.05) is 0 Å². The summed E-state index contributed by atoms with van der Waals surface area (Å²) in [6, 6.07) is 69.7. The van der Waals surface area contributed by atoms with E-state index in [2.05, 4.69) is 191 Å². The van der Waals surface area contributed by atoms with Gasteiger partial charge in [0.25, 0.3) is 0 Å². The van der Waals surface area contributed by atoms with Crippen LogP contribution in [0.3, 0.4) is 0 Å². The number of para-hydroxylation sites is 1. The van der Waals surface area contributed by atoms with Crippen molar-refractivity contribution < 1.29 is 4.42 Å². The van der Waals surface area contributed by atoms with Gasteiger partial charge >= 0.3 is 0 Å². The van der Waals surface area contributed by atoms with Gasteiger partial charge in [-0.25, -0.2) is 4.98 Å². The molecular weight excluding hydrogens is 697 g/mol. The van der Waals surface area contributed by atoms with E-state index in [1.807, 2.05) is 30.5 Å². The SMILES string of the molecule is CC(C)(C)c1cc(-c2ccc([Si](c3ccccc3)(c3ccccc3)c3ccccc3)cc2)c2nc(-c3ccccc3N=Cc3cccc4ccccc34)oc2c1. The molecule has 56 heavy (non-hydrogen) atoms. The third-order valence-corrected chi connectivity index (χ3v) is 15.7. The molecule has 9 aromatic rings. The first-order chi connectivity index (χ1) is 27.4. The molecule has 0 aliphatic carbocycles. The Bertz CT molecular complexity index is 2720. The number of hydrogen-bond acceptors (Lipinski definition) is 3. The lowest BCUT2D eigenvalue weighted by Gasteiger charge is -2.34. The van der Waals surface area contributed by atoms with E-state index in [0.29, 0.717) is 5.89 Å². The van der Waals surface area contributed by atoms with Gasteiger partial charge in [-0.2, -0.15) is 0 Å². The monoisotopic (exact) mass is 738 g/mol. The summed E-state index contributed by atoms with van der Waals surface area (Å²) in [5, 5.41) is 7.74. The molecule has 0 spiro atoms. The van der Waals surface area contributed by atoms with Crippen molar-refractivity contribution in [3.05, 3.63) is 205 Å². The minimum atomic E-state index is -2.66. The molecule has 0 unspecified atom stereocenters. The standard InChI is InChI=1S/C52H42N2OSi/c1-52(2,3)40-34-47(38-30-32-44(33-31-38)56(41-21-7-4-8-22-41,42-23-9-5-10-24-42)43-25-11-6-12-26-43)50-49(35-40)55-51(54-50)46-28-15-16-29-48(46)53-36-39-20-17-19-37-18-13-14-27-45(37)39/h4-36H,1-3H3. The molecule has 4 heteroatoms. The third-order valence-electron chi connectivity index (χ3n) is 10.9. The first-order valence-corrected chi connectivity index (χ1v) is 21.2. The molecule has 0 atom stereocenters. The molecule has 0 radical (unpaired) electrons. The normalized spacial score (nSPS) is 12.1. The Kier molecular flexibility index (Phi) is 9.12. The number of nitrogens with zero attached hydrogens (tertiary/aromatic N) is 2. The van der Waals surface area contributed by atoms with Crippen molar-refractivity contribution in [2.24, 2.45) is 4.99 Å². The van der Waals surface area contributed by atoms with Gasteiger partial charge < -0.3 is 4.42 Å². The molecule has 1 heterocycles. The molecular formula is C52H42N2OSi. The second-order valence-corrected chi connectivity index (χ2v) is 19.2. The molecule has 0 fully saturated rings. The van der Waals surface area contributed by atoms with Crippen LogP contribution < -0.4 is 20.7 Å². The van der Waals surface area contributed by atoms with E-state index in [1.165, 1.54) is 37.1 Å². The van der Waals surface area contributed by atoms with Gasteiger partial charge in [0.05, 0.1) is 11.3 Å². The van der Waals surface area contributed by atoms with Crippen LogP contribution in [0.1, 0.15) is 31.9 Å². The Balaban J connectivity index is 1.18. The fraction of sp³-hybridized carbons (Fsp3) is 0.0769. The molecule has 0 saturated carbocycles. The molecule has 9 rings (SSSR count). The van der Waals surface area contributed by atoms with Gasteiger partial charge in [0, 0.05) is 17.3 Å². The predicted molar refractivity (Wildman–Crippen MR) is 238 cm³/mol. The Morgan fingerprint density at radius 3 is 1.73 bits per heavy atom. The zero-order valence-corrected chi connectivity index (χ0v) is 32.9. The maximum Gasteiger partial charge on any atom is 0.229 e. The molecule has 270 valence electrons. The van der Waals surface area contributed by atoms with E-state index in [0.717, 1.165) is 39.0 Å². The van der Waals surface area contributed by atoms with E-state index < -0.39 is 8.07 Å². The summed E-state index contributed by atoms with van der Waals surface area (Å²) in [7, 11) is -2.66.